The van der Waals surface area contributed by atoms with Crippen LogP contribution in [0.2, 0.25) is 0 Å². The molecule has 2 amide bonds. The van der Waals surface area contributed by atoms with Crippen molar-refractivity contribution < 1.29 is 18.8 Å². The van der Waals surface area contributed by atoms with Crippen LogP contribution >= 0.6 is 27.3 Å². The summed E-state index contributed by atoms with van der Waals surface area (Å²) in [7, 11) is 0. The fraction of sp³-hybridized carbons (Fsp3) is 0.292. The standard InChI is InChI=1S/C24H21BrFN7O3S/c1-12(34)22-17-5-14(15-7-27-13(2)28-8-15)3-4-18(17)33(31-22)10-21(35)32-9-16(26)6-19(32)23(36)30-24-29-20(25)11-37-24/h3-5,7-8,11,16,19H,6,9-10H2,1-2H3,(H,29,30,36)/t16-,19+/m1/s1. The number of nitrogens with one attached hydrogen (secondary N) is 1. The number of rotatable bonds is 6. The summed E-state index contributed by atoms with van der Waals surface area (Å²) in [4.78, 5) is 52.2. The largest absolute Gasteiger partial charge is 0.326 e. The molecule has 0 aliphatic carbocycles. The predicted octanol–water partition coefficient (Wildman–Crippen LogP) is 3.80. The number of thiazole rings is 1. The van der Waals surface area contributed by atoms with Crippen LogP contribution in [-0.2, 0) is 16.1 Å². The van der Waals surface area contributed by atoms with Crippen molar-refractivity contribution in [2.45, 2.75) is 39.0 Å². The fourth-order valence-electron chi connectivity index (χ4n) is 4.31. The second-order valence-corrected chi connectivity index (χ2v) is 10.3. The first-order valence-corrected chi connectivity index (χ1v) is 13.0. The zero-order valence-corrected chi connectivity index (χ0v) is 22.2. The van der Waals surface area contributed by atoms with Crippen LogP contribution in [0.1, 0.15) is 29.7 Å². The molecule has 13 heteroatoms. The molecule has 0 saturated carbocycles. The number of ketones is 1. The van der Waals surface area contributed by atoms with Crippen molar-refractivity contribution in [2.75, 3.05) is 11.9 Å². The van der Waals surface area contributed by atoms with Crippen molar-refractivity contribution in [3.8, 4) is 11.1 Å². The SMILES string of the molecule is CC(=O)c1nn(CC(=O)N2C[C@H](F)C[C@H]2C(=O)Nc2nc(Br)cs2)c2ccc(-c3cnc(C)nc3)cc12. The summed E-state index contributed by atoms with van der Waals surface area (Å²) >= 11 is 4.44. The van der Waals surface area contributed by atoms with E-state index in [4.69, 9.17) is 0 Å². The number of nitrogens with zero attached hydrogens (tertiary/aromatic N) is 6. The van der Waals surface area contributed by atoms with Crippen molar-refractivity contribution in [1.29, 1.82) is 0 Å². The topological polar surface area (TPSA) is 123 Å². The Morgan fingerprint density at radius 1 is 1.22 bits per heavy atom. The highest BCUT2D eigenvalue weighted by atomic mass is 79.9. The molecular weight excluding hydrogens is 565 g/mol. The molecule has 0 bridgehead atoms. The molecule has 2 atom stereocenters. The van der Waals surface area contributed by atoms with E-state index >= 15 is 0 Å². The van der Waals surface area contributed by atoms with Gasteiger partial charge in [0, 0.05) is 42.1 Å². The summed E-state index contributed by atoms with van der Waals surface area (Å²) in [6.45, 7) is 2.74. The molecule has 10 nitrogen and oxygen atoms in total. The van der Waals surface area contributed by atoms with Crippen LogP contribution in [0.4, 0.5) is 9.52 Å². The molecule has 0 radical (unpaired) electrons. The normalized spacial score (nSPS) is 17.4. The Morgan fingerprint density at radius 3 is 2.65 bits per heavy atom. The van der Waals surface area contributed by atoms with E-state index in [0.29, 0.717) is 26.5 Å². The number of hydrogen-bond acceptors (Lipinski definition) is 8. The highest BCUT2D eigenvalue weighted by Gasteiger charge is 2.40. The lowest BCUT2D eigenvalue weighted by Gasteiger charge is -2.23. The van der Waals surface area contributed by atoms with Gasteiger partial charge in [-0.2, -0.15) is 5.10 Å². The number of Topliss-reactive ketones (excluding diaryl/α,β-unsaturated/α-hetero) is 1. The van der Waals surface area contributed by atoms with E-state index in [0.717, 1.165) is 11.1 Å². The van der Waals surface area contributed by atoms with E-state index in [2.05, 4.69) is 41.3 Å². The minimum absolute atomic E-state index is 0.106. The smallest absolute Gasteiger partial charge is 0.249 e. The number of benzene rings is 1. The number of amides is 2. The van der Waals surface area contributed by atoms with Gasteiger partial charge in [0.05, 0.1) is 12.1 Å². The van der Waals surface area contributed by atoms with Crippen LogP contribution in [0.3, 0.4) is 0 Å². The number of alkyl halides is 1. The summed E-state index contributed by atoms with van der Waals surface area (Å²) in [5.74, 6) is -0.596. The van der Waals surface area contributed by atoms with Gasteiger partial charge in [-0.15, -0.1) is 11.3 Å². The number of hydrogen-bond donors (Lipinski definition) is 1. The molecule has 1 fully saturated rings. The Labute approximate surface area is 223 Å². The van der Waals surface area contributed by atoms with Gasteiger partial charge in [-0.25, -0.2) is 19.3 Å². The zero-order valence-electron chi connectivity index (χ0n) is 19.8. The monoisotopic (exact) mass is 585 g/mol. The predicted molar refractivity (Wildman–Crippen MR) is 139 cm³/mol. The number of aryl methyl sites for hydroxylation is 1. The number of anilines is 1. The molecule has 5 rings (SSSR count). The van der Waals surface area contributed by atoms with Crippen molar-refractivity contribution in [2.24, 2.45) is 0 Å². The maximum absolute atomic E-state index is 14.3. The minimum atomic E-state index is -1.33. The van der Waals surface area contributed by atoms with Crippen molar-refractivity contribution >= 4 is 60.9 Å². The van der Waals surface area contributed by atoms with Crippen LogP contribution in [0.5, 0.6) is 0 Å². The Morgan fingerprint density at radius 2 is 1.97 bits per heavy atom. The average molecular weight is 586 g/mol. The third kappa shape index (κ3) is 5.14. The molecule has 190 valence electrons. The lowest BCUT2D eigenvalue weighted by molar-refractivity contribution is -0.137. The van der Waals surface area contributed by atoms with Gasteiger partial charge in [0.15, 0.2) is 10.9 Å². The van der Waals surface area contributed by atoms with E-state index < -0.39 is 24.0 Å². The van der Waals surface area contributed by atoms with E-state index in [1.54, 1.807) is 30.8 Å². The van der Waals surface area contributed by atoms with E-state index in [9.17, 15) is 18.8 Å². The number of halogens is 2. The Kier molecular flexibility index (Phi) is 6.82. The average Bonchev–Trinajstić information content (AvgIpc) is 3.56. The second kappa shape index (κ2) is 10.1. The lowest BCUT2D eigenvalue weighted by atomic mass is 10.0. The Balaban J connectivity index is 1.41. The Bertz CT molecular complexity index is 1520. The molecule has 1 aliphatic heterocycles. The minimum Gasteiger partial charge on any atom is -0.326 e. The number of carbonyl (C=O) groups is 3. The van der Waals surface area contributed by atoms with Crippen molar-refractivity contribution in [3.63, 3.8) is 0 Å². The summed E-state index contributed by atoms with van der Waals surface area (Å²) in [6.07, 6.45) is 1.96. The van der Waals surface area contributed by atoms with Crippen LogP contribution in [0.15, 0.2) is 40.6 Å². The first-order chi connectivity index (χ1) is 17.7. The van der Waals surface area contributed by atoms with Gasteiger partial charge < -0.3 is 10.2 Å². The quantitative estimate of drug-likeness (QED) is 0.341. The molecule has 3 aromatic heterocycles. The van der Waals surface area contributed by atoms with Crippen molar-refractivity contribution in [3.05, 3.63) is 52.1 Å². The molecule has 4 aromatic rings. The van der Waals surface area contributed by atoms with E-state index in [1.165, 1.54) is 27.8 Å². The van der Waals surface area contributed by atoms with Crippen LogP contribution in [0.25, 0.3) is 22.0 Å². The van der Waals surface area contributed by atoms with E-state index in [1.807, 2.05) is 12.1 Å². The molecule has 37 heavy (non-hydrogen) atoms. The van der Waals surface area contributed by atoms with Gasteiger partial charge >= 0.3 is 0 Å². The number of fused-ring (bicyclic) bond motifs is 1. The van der Waals surface area contributed by atoms with Gasteiger partial charge in [0.2, 0.25) is 11.8 Å². The molecule has 1 aromatic carbocycles. The first-order valence-electron chi connectivity index (χ1n) is 11.4. The third-order valence-corrected chi connectivity index (χ3v) is 7.53. The van der Waals surface area contributed by atoms with Crippen molar-refractivity contribution in [1.82, 2.24) is 29.6 Å². The van der Waals surface area contributed by atoms with Gasteiger partial charge in [0.1, 0.15) is 34.9 Å². The zero-order chi connectivity index (χ0) is 26.3. The first kappa shape index (κ1) is 25.1. The molecule has 0 unspecified atom stereocenters. The van der Waals surface area contributed by atoms with Gasteiger partial charge in [-0.1, -0.05) is 6.07 Å². The summed E-state index contributed by atoms with van der Waals surface area (Å²) in [5, 5.41) is 9.67. The van der Waals surface area contributed by atoms with Gasteiger partial charge in [-0.05, 0) is 40.5 Å². The lowest BCUT2D eigenvalue weighted by Crippen LogP contribution is -2.44. The fourth-order valence-corrected chi connectivity index (χ4v) is 5.46. The van der Waals surface area contributed by atoms with Crippen LogP contribution in [0, 0.1) is 6.92 Å². The molecule has 1 N–H and O–H groups in total. The van der Waals surface area contributed by atoms with Gasteiger partial charge in [-0.3, -0.25) is 19.1 Å². The van der Waals surface area contributed by atoms with Gasteiger partial charge in [0.25, 0.3) is 0 Å². The van der Waals surface area contributed by atoms with E-state index in [-0.39, 0.29) is 31.0 Å². The number of likely N-dealkylation sites (tertiary alicyclic amines) is 1. The maximum Gasteiger partial charge on any atom is 0.249 e. The molecule has 4 heterocycles. The van der Waals surface area contributed by atoms with Crippen LogP contribution in [-0.4, -0.2) is 66.0 Å². The maximum atomic E-state index is 14.3. The second-order valence-electron chi connectivity index (χ2n) is 8.67. The summed E-state index contributed by atoms with van der Waals surface area (Å²) in [6, 6.07) is 4.43. The highest BCUT2D eigenvalue weighted by Crippen LogP contribution is 2.28. The highest BCUT2D eigenvalue weighted by molar-refractivity contribution is 9.10. The number of aromatic nitrogens is 5. The summed E-state index contributed by atoms with van der Waals surface area (Å²) in [5.41, 5.74) is 2.36. The summed E-state index contributed by atoms with van der Waals surface area (Å²) < 4.78 is 16.3. The molecule has 1 aliphatic rings. The van der Waals surface area contributed by atoms with Crippen LogP contribution < -0.4 is 5.32 Å². The Hall–Kier alpha value is -3.58. The molecule has 0 spiro atoms. The third-order valence-electron chi connectivity index (χ3n) is 6.06. The molecule has 1 saturated heterocycles. The molecular formula is C24H21BrFN7O3S. The number of carbonyl (C=O) groups excluding carboxylic acids is 3.